The highest BCUT2D eigenvalue weighted by molar-refractivity contribution is 5.89. The number of carbonyl (C=O) groups excluding carboxylic acids is 2. The lowest BCUT2D eigenvalue weighted by Crippen LogP contribution is -2.58. The summed E-state index contributed by atoms with van der Waals surface area (Å²) in [6.07, 6.45) is -0.544. The Morgan fingerprint density at radius 2 is 2.06 bits per heavy atom. The second-order valence-corrected chi connectivity index (χ2v) is 4.66. The minimum Gasteiger partial charge on any atom is -0.377 e. The Morgan fingerprint density at radius 1 is 1.39 bits per heavy atom. The number of nitrogens with zero attached hydrogens (tertiary/aromatic N) is 1. The van der Waals surface area contributed by atoms with Crippen LogP contribution in [0.15, 0.2) is 0 Å². The molecule has 0 spiro atoms. The fraction of sp³-hybridized carbons (Fsp3) is 0.833. The van der Waals surface area contributed by atoms with Crippen molar-refractivity contribution in [3.63, 3.8) is 0 Å². The summed E-state index contributed by atoms with van der Waals surface area (Å²) < 4.78 is 10.3. The number of ether oxygens (including phenoxy) is 2. The molecule has 6 heteroatoms. The molecule has 2 unspecified atom stereocenters. The van der Waals surface area contributed by atoms with Crippen molar-refractivity contribution in [2.75, 3.05) is 26.9 Å². The molecule has 1 aliphatic rings. The van der Waals surface area contributed by atoms with Gasteiger partial charge in [0.25, 0.3) is 5.91 Å². The molecule has 0 bridgehead atoms. The average Bonchev–Trinajstić information content (AvgIpc) is 2.36. The van der Waals surface area contributed by atoms with Crippen molar-refractivity contribution in [1.29, 1.82) is 0 Å². The van der Waals surface area contributed by atoms with Gasteiger partial charge in [-0.15, -0.1) is 0 Å². The standard InChI is InChI=1S/C12H22N2O4/c1-8(2)13-11(15)10-7-18-6-5-14(10)12(16)9(3)17-4/h8-10H,5-7H2,1-4H3,(H,13,15). The Morgan fingerprint density at radius 3 is 2.61 bits per heavy atom. The van der Waals surface area contributed by atoms with Gasteiger partial charge in [-0.1, -0.05) is 0 Å². The molecule has 0 radical (unpaired) electrons. The van der Waals surface area contributed by atoms with Gasteiger partial charge in [0.2, 0.25) is 5.91 Å². The molecular formula is C12H22N2O4. The molecule has 1 rings (SSSR count). The lowest BCUT2D eigenvalue weighted by molar-refractivity contribution is -0.155. The Balaban J connectivity index is 2.73. The topological polar surface area (TPSA) is 67.9 Å². The smallest absolute Gasteiger partial charge is 0.252 e. The fourth-order valence-corrected chi connectivity index (χ4v) is 1.80. The average molecular weight is 258 g/mol. The summed E-state index contributed by atoms with van der Waals surface area (Å²) in [5.74, 6) is -0.356. The van der Waals surface area contributed by atoms with E-state index >= 15 is 0 Å². The summed E-state index contributed by atoms with van der Waals surface area (Å²) in [7, 11) is 1.48. The van der Waals surface area contributed by atoms with Crippen molar-refractivity contribution in [1.82, 2.24) is 10.2 Å². The van der Waals surface area contributed by atoms with Gasteiger partial charge in [0.15, 0.2) is 0 Å². The van der Waals surface area contributed by atoms with E-state index in [4.69, 9.17) is 9.47 Å². The van der Waals surface area contributed by atoms with Gasteiger partial charge >= 0.3 is 0 Å². The molecular weight excluding hydrogens is 236 g/mol. The van der Waals surface area contributed by atoms with E-state index < -0.39 is 12.1 Å². The van der Waals surface area contributed by atoms with Crippen molar-refractivity contribution in [2.24, 2.45) is 0 Å². The van der Waals surface area contributed by atoms with Crippen LogP contribution in [0, 0.1) is 0 Å². The Bertz CT molecular complexity index is 306. The quantitative estimate of drug-likeness (QED) is 0.756. The predicted octanol–water partition coefficient (Wildman–Crippen LogP) is -0.227. The highest BCUT2D eigenvalue weighted by atomic mass is 16.5. The van der Waals surface area contributed by atoms with Crippen molar-refractivity contribution in [3.8, 4) is 0 Å². The molecule has 18 heavy (non-hydrogen) atoms. The maximum Gasteiger partial charge on any atom is 0.252 e. The monoisotopic (exact) mass is 258 g/mol. The summed E-state index contributed by atoms with van der Waals surface area (Å²) in [6, 6.07) is -0.525. The molecule has 1 fully saturated rings. The summed E-state index contributed by atoms with van der Waals surface area (Å²) in [5.41, 5.74) is 0. The number of hydrogen-bond acceptors (Lipinski definition) is 4. The largest absolute Gasteiger partial charge is 0.377 e. The van der Waals surface area contributed by atoms with Crippen molar-refractivity contribution < 1.29 is 19.1 Å². The van der Waals surface area contributed by atoms with Crippen molar-refractivity contribution in [3.05, 3.63) is 0 Å². The molecule has 1 saturated heterocycles. The lowest BCUT2D eigenvalue weighted by Gasteiger charge is -2.36. The van der Waals surface area contributed by atoms with E-state index in [-0.39, 0.29) is 24.5 Å². The summed E-state index contributed by atoms with van der Waals surface area (Å²) in [6.45, 7) is 6.54. The van der Waals surface area contributed by atoms with Gasteiger partial charge in [0.05, 0.1) is 13.2 Å². The summed E-state index contributed by atoms with van der Waals surface area (Å²) in [5, 5.41) is 2.80. The molecule has 0 saturated carbocycles. The van der Waals surface area contributed by atoms with Crippen LogP contribution in [0.25, 0.3) is 0 Å². The van der Waals surface area contributed by atoms with Crippen LogP contribution in [0.2, 0.25) is 0 Å². The molecule has 1 heterocycles. The Hall–Kier alpha value is -1.14. The van der Waals surface area contributed by atoms with Gasteiger partial charge in [-0.3, -0.25) is 9.59 Å². The number of nitrogens with one attached hydrogen (secondary N) is 1. The van der Waals surface area contributed by atoms with E-state index in [0.717, 1.165) is 0 Å². The van der Waals surface area contributed by atoms with Crippen molar-refractivity contribution in [2.45, 2.75) is 39.0 Å². The molecule has 2 atom stereocenters. The molecule has 1 aliphatic heterocycles. The lowest BCUT2D eigenvalue weighted by atomic mass is 10.1. The molecule has 0 aromatic heterocycles. The van der Waals surface area contributed by atoms with Gasteiger partial charge in [0, 0.05) is 19.7 Å². The van der Waals surface area contributed by atoms with Crippen LogP contribution in [0.3, 0.4) is 0 Å². The molecule has 2 amide bonds. The SMILES string of the molecule is COC(C)C(=O)N1CCOCC1C(=O)NC(C)C. The number of methoxy groups -OCH3 is 1. The number of amides is 2. The first kappa shape index (κ1) is 14.9. The number of carbonyl (C=O) groups is 2. The van der Waals surface area contributed by atoms with E-state index in [0.29, 0.717) is 13.2 Å². The molecule has 1 N–H and O–H groups in total. The molecule has 0 aromatic carbocycles. The van der Waals surface area contributed by atoms with E-state index in [9.17, 15) is 9.59 Å². The van der Waals surface area contributed by atoms with E-state index in [1.165, 1.54) is 12.0 Å². The third kappa shape index (κ3) is 3.68. The summed E-state index contributed by atoms with van der Waals surface area (Å²) >= 11 is 0. The molecule has 6 nitrogen and oxygen atoms in total. The molecule has 104 valence electrons. The first-order chi connectivity index (χ1) is 8.47. The van der Waals surface area contributed by atoms with Crippen LogP contribution in [-0.4, -0.2) is 61.8 Å². The fourth-order valence-electron chi connectivity index (χ4n) is 1.80. The van der Waals surface area contributed by atoms with Gasteiger partial charge in [-0.2, -0.15) is 0 Å². The maximum absolute atomic E-state index is 12.1. The molecule has 0 aliphatic carbocycles. The van der Waals surface area contributed by atoms with Crippen LogP contribution >= 0.6 is 0 Å². The van der Waals surface area contributed by atoms with E-state index in [1.807, 2.05) is 13.8 Å². The second-order valence-electron chi connectivity index (χ2n) is 4.66. The van der Waals surface area contributed by atoms with Crippen LogP contribution in [0.5, 0.6) is 0 Å². The Labute approximate surface area is 108 Å². The third-order valence-corrected chi connectivity index (χ3v) is 2.85. The van der Waals surface area contributed by atoms with Crippen LogP contribution in [0.4, 0.5) is 0 Å². The number of hydrogen-bond donors (Lipinski definition) is 1. The van der Waals surface area contributed by atoms with E-state index in [1.54, 1.807) is 6.92 Å². The zero-order valence-corrected chi connectivity index (χ0v) is 11.4. The van der Waals surface area contributed by atoms with Gasteiger partial charge in [-0.05, 0) is 20.8 Å². The third-order valence-electron chi connectivity index (χ3n) is 2.85. The first-order valence-electron chi connectivity index (χ1n) is 6.18. The summed E-state index contributed by atoms with van der Waals surface area (Å²) in [4.78, 5) is 25.6. The maximum atomic E-state index is 12.1. The van der Waals surface area contributed by atoms with Crippen molar-refractivity contribution >= 4 is 11.8 Å². The van der Waals surface area contributed by atoms with Gasteiger partial charge in [0.1, 0.15) is 12.1 Å². The Kier molecular flexibility index (Phi) is 5.55. The predicted molar refractivity (Wildman–Crippen MR) is 66.1 cm³/mol. The first-order valence-corrected chi connectivity index (χ1v) is 6.18. The highest BCUT2D eigenvalue weighted by Gasteiger charge is 2.34. The van der Waals surface area contributed by atoms with Crippen LogP contribution in [0.1, 0.15) is 20.8 Å². The minimum absolute atomic E-state index is 0.0382. The van der Waals surface area contributed by atoms with E-state index in [2.05, 4.69) is 5.32 Å². The zero-order chi connectivity index (χ0) is 13.7. The van der Waals surface area contributed by atoms with Gasteiger partial charge in [-0.25, -0.2) is 0 Å². The number of morpholine rings is 1. The second kappa shape index (κ2) is 6.70. The minimum atomic E-state index is -0.564. The normalized spacial score (nSPS) is 21.8. The van der Waals surface area contributed by atoms with Gasteiger partial charge < -0.3 is 19.7 Å². The van der Waals surface area contributed by atoms with Crippen LogP contribution in [-0.2, 0) is 19.1 Å². The zero-order valence-electron chi connectivity index (χ0n) is 11.4. The van der Waals surface area contributed by atoms with Crippen LogP contribution < -0.4 is 5.32 Å². The molecule has 0 aromatic rings. The number of rotatable bonds is 4. The highest BCUT2D eigenvalue weighted by Crippen LogP contribution is 2.10.